The van der Waals surface area contributed by atoms with Crippen molar-refractivity contribution in [1.82, 2.24) is 9.97 Å². The minimum absolute atomic E-state index is 0.0256. The van der Waals surface area contributed by atoms with Crippen LogP contribution in [0.25, 0.3) is 11.3 Å². The first-order valence-electron chi connectivity index (χ1n) is 9.23. The van der Waals surface area contributed by atoms with Crippen LogP contribution < -0.4 is 11.1 Å². The minimum Gasteiger partial charge on any atom is -0.444 e. The van der Waals surface area contributed by atoms with E-state index in [-0.39, 0.29) is 22.6 Å². The van der Waals surface area contributed by atoms with E-state index in [1.807, 2.05) is 0 Å². The van der Waals surface area contributed by atoms with Crippen molar-refractivity contribution in [3.05, 3.63) is 89.7 Å². The molecule has 0 atom stereocenters. The van der Waals surface area contributed by atoms with Crippen molar-refractivity contribution in [3.63, 3.8) is 0 Å². The molecule has 0 aliphatic rings. The molecule has 32 heavy (non-hydrogen) atoms. The Morgan fingerprint density at radius 3 is 2.59 bits per heavy atom. The normalized spacial score (nSPS) is 11.3. The second-order valence-corrected chi connectivity index (χ2v) is 6.80. The molecule has 4 N–H and O–H groups in total. The third kappa shape index (κ3) is 4.10. The Morgan fingerprint density at radius 1 is 1.09 bits per heavy atom. The molecule has 4 rings (SSSR count). The van der Waals surface area contributed by atoms with Crippen LogP contribution in [0.4, 0.5) is 24.5 Å². The molecule has 0 unspecified atom stereocenters. The van der Waals surface area contributed by atoms with Crippen LogP contribution in [0, 0.1) is 0 Å². The molecular weight excluding hydrogens is 425 g/mol. The third-order valence-corrected chi connectivity index (χ3v) is 4.69. The van der Waals surface area contributed by atoms with E-state index < -0.39 is 29.0 Å². The summed E-state index contributed by atoms with van der Waals surface area (Å²) < 4.78 is 44.9. The van der Waals surface area contributed by atoms with Crippen LogP contribution in [0.1, 0.15) is 32.0 Å². The Morgan fingerprint density at radius 2 is 1.88 bits per heavy atom. The summed E-state index contributed by atoms with van der Waals surface area (Å²) in [6, 6.07) is 10.5. The number of nitrogens with two attached hydrogens (primary N) is 1. The number of carbonyl (C=O) groups excluding carboxylic acids is 2. The van der Waals surface area contributed by atoms with Crippen LogP contribution in [0.15, 0.2) is 71.7 Å². The molecule has 0 saturated heterocycles. The first-order valence-corrected chi connectivity index (χ1v) is 9.23. The molecule has 4 aromatic rings. The number of anilines is 2. The van der Waals surface area contributed by atoms with Crippen molar-refractivity contribution < 1.29 is 27.2 Å². The Bertz CT molecular complexity index is 1290. The number of oxazole rings is 1. The van der Waals surface area contributed by atoms with Crippen LogP contribution in [-0.4, -0.2) is 21.7 Å². The number of ketones is 1. The fourth-order valence-electron chi connectivity index (χ4n) is 3.11. The lowest BCUT2D eigenvalue weighted by Crippen LogP contribution is -2.14. The molecule has 2 aromatic heterocycles. The van der Waals surface area contributed by atoms with E-state index in [9.17, 15) is 22.8 Å². The average molecular weight is 440 g/mol. The number of aromatic amines is 1. The summed E-state index contributed by atoms with van der Waals surface area (Å²) in [4.78, 5) is 31.7. The minimum atomic E-state index is -4.69. The lowest BCUT2D eigenvalue weighted by Gasteiger charge is -2.11. The fourth-order valence-corrected chi connectivity index (χ4v) is 3.11. The predicted molar refractivity (Wildman–Crippen MR) is 110 cm³/mol. The molecule has 0 saturated carbocycles. The fraction of sp³-hybridized carbons (Fsp3) is 0.0455. The quantitative estimate of drug-likeness (QED) is 0.306. The summed E-state index contributed by atoms with van der Waals surface area (Å²) in [5, 5.41) is 2.61. The van der Waals surface area contributed by atoms with Gasteiger partial charge in [-0.05, 0) is 30.3 Å². The molecule has 0 aliphatic carbocycles. The number of alkyl halides is 3. The summed E-state index contributed by atoms with van der Waals surface area (Å²) in [7, 11) is 0. The highest BCUT2D eigenvalue weighted by molar-refractivity contribution is 6.12. The van der Waals surface area contributed by atoms with Crippen LogP contribution in [0.5, 0.6) is 0 Å². The standard InChI is InChI=1S/C22H15F3N4O3/c23-22(24,25)15-4-2-1-3-14(15)20(30)13-8-18(28-9-13)21(31)29-17-7-12(5-6-16(17)26)19-10-27-11-32-19/h1-11,28H,26H2,(H,29,31). The number of aromatic nitrogens is 2. The maximum Gasteiger partial charge on any atom is 0.417 e. The monoisotopic (exact) mass is 440 g/mol. The van der Waals surface area contributed by atoms with Crippen molar-refractivity contribution in [2.45, 2.75) is 6.18 Å². The van der Waals surface area contributed by atoms with E-state index in [1.54, 1.807) is 18.2 Å². The number of H-pyrrole nitrogens is 1. The lowest BCUT2D eigenvalue weighted by atomic mass is 9.99. The van der Waals surface area contributed by atoms with Crippen molar-refractivity contribution in [2.75, 3.05) is 11.1 Å². The number of rotatable bonds is 5. The Balaban J connectivity index is 1.57. The second kappa shape index (κ2) is 8.06. The van der Waals surface area contributed by atoms with E-state index in [4.69, 9.17) is 10.2 Å². The van der Waals surface area contributed by atoms with Crippen molar-refractivity contribution in [3.8, 4) is 11.3 Å². The maximum atomic E-state index is 13.2. The van der Waals surface area contributed by atoms with Crippen LogP contribution in [0.2, 0.25) is 0 Å². The zero-order chi connectivity index (χ0) is 22.9. The van der Waals surface area contributed by atoms with Gasteiger partial charge in [0.25, 0.3) is 5.91 Å². The summed E-state index contributed by atoms with van der Waals surface area (Å²) in [6.45, 7) is 0. The molecule has 2 aromatic carbocycles. The molecule has 2 heterocycles. The highest BCUT2D eigenvalue weighted by atomic mass is 19.4. The molecular formula is C22H15F3N4O3. The molecule has 10 heteroatoms. The van der Waals surface area contributed by atoms with Gasteiger partial charge in [-0.25, -0.2) is 4.98 Å². The van der Waals surface area contributed by atoms with Crippen LogP contribution in [0.3, 0.4) is 0 Å². The number of hydrogen-bond donors (Lipinski definition) is 3. The molecule has 0 bridgehead atoms. The van der Waals surface area contributed by atoms with Crippen molar-refractivity contribution in [1.29, 1.82) is 0 Å². The molecule has 0 radical (unpaired) electrons. The predicted octanol–water partition coefficient (Wildman–Crippen LogP) is 4.75. The van der Waals surface area contributed by atoms with E-state index in [1.165, 1.54) is 37.0 Å². The van der Waals surface area contributed by atoms with Gasteiger partial charge in [-0.2, -0.15) is 13.2 Å². The number of hydrogen-bond acceptors (Lipinski definition) is 5. The van der Waals surface area contributed by atoms with Crippen LogP contribution >= 0.6 is 0 Å². The van der Waals surface area contributed by atoms with Gasteiger partial charge >= 0.3 is 6.18 Å². The number of amides is 1. The number of carbonyl (C=O) groups is 2. The molecule has 1 amide bonds. The van der Waals surface area contributed by atoms with E-state index in [2.05, 4.69) is 15.3 Å². The first-order chi connectivity index (χ1) is 15.2. The van der Waals surface area contributed by atoms with Gasteiger partial charge in [0.05, 0.1) is 23.1 Å². The van der Waals surface area contributed by atoms with E-state index in [0.717, 1.165) is 12.1 Å². The summed E-state index contributed by atoms with van der Waals surface area (Å²) in [5.74, 6) is -1.02. The smallest absolute Gasteiger partial charge is 0.417 e. The van der Waals surface area contributed by atoms with E-state index in [0.29, 0.717) is 11.3 Å². The number of nitrogen functional groups attached to an aromatic ring is 1. The Hall–Kier alpha value is -4.34. The number of halogens is 3. The summed E-state index contributed by atoms with van der Waals surface area (Å²) in [6.07, 6.45) is -0.745. The summed E-state index contributed by atoms with van der Waals surface area (Å²) >= 11 is 0. The van der Waals surface area contributed by atoms with Gasteiger partial charge < -0.3 is 20.5 Å². The van der Waals surface area contributed by atoms with Gasteiger partial charge in [-0.3, -0.25) is 9.59 Å². The first kappa shape index (κ1) is 20.9. The summed E-state index contributed by atoms with van der Waals surface area (Å²) in [5.41, 5.74) is 5.45. The van der Waals surface area contributed by atoms with Gasteiger partial charge in [0, 0.05) is 22.9 Å². The highest BCUT2D eigenvalue weighted by Gasteiger charge is 2.35. The average Bonchev–Trinajstić information content (AvgIpc) is 3.47. The molecule has 162 valence electrons. The molecule has 0 spiro atoms. The number of nitrogens with one attached hydrogen (secondary N) is 2. The Kier molecular flexibility index (Phi) is 5.27. The van der Waals surface area contributed by atoms with Gasteiger partial charge in [-0.1, -0.05) is 18.2 Å². The Labute approximate surface area is 179 Å². The van der Waals surface area contributed by atoms with Gasteiger partial charge in [0.1, 0.15) is 5.69 Å². The van der Waals surface area contributed by atoms with E-state index >= 15 is 0 Å². The number of benzene rings is 2. The van der Waals surface area contributed by atoms with Gasteiger partial charge in [0.15, 0.2) is 17.9 Å². The number of nitrogens with zero attached hydrogens (tertiary/aromatic N) is 1. The largest absolute Gasteiger partial charge is 0.444 e. The lowest BCUT2D eigenvalue weighted by molar-refractivity contribution is -0.137. The van der Waals surface area contributed by atoms with Crippen molar-refractivity contribution >= 4 is 23.1 Å². The molecule has 0 fully saturated rings. The topological polar surface area (TPSA) is 114 Å². The highest BCUT2D eigenvalue weighted by Crippen LogP contribution is 2.33. The molecule has 7 nitrogen and oxygen atoms in total. The van der Waals surface area contributed by atoms with Crippen molar-refractivity contribution in [2.24, 2.45) is 0 Å². The third-order valence-electron chi connectivity index (χ3n) is 4.69. The van der Waals surface area contributed by atoms with Crippen LogP contribution in [-0.2, 0) is 6.18 Å². The zero-order valence-corrected chi connectivity index (χ0v) is 16.2. The zero-order valence-electron chi connectivity index (χ0n) is 16.2. The van der Waals surface area contributed by atoms with Gasteiger partial charge in [0.2, 0.25) is 0 Å². The maximum absolute atomic E-state index is 13.2. The SMILES string of the molecule is Nc1ccc(-c2cnco2)cc1NC(=O)c1cc(C(=O)c2ccccc2C(F)(F)F)c[nH]1. The second-order valence-electron chi connectivity index (χ2n) is 6.80. The van der Waals surface area contributed by atoms with Gasteiger partial charge in [-0.15, -0.1) is 0 Å². The molecule has 0 aliphatic heterocycles.